The quantitative estimate of drug-likeness (QED) is 0.599. The van der Waals surface area contributed by atoms with Crippen molar-refractivity contribution in [1.29, 1.82) is 0 Å². The summed E-state index contributed by atoms with van der Waals surface area (Å²) in [6.45, 7) is 8.78. The minimum Gasteiger partial charge on any atom is -0.462 e. The van der Waals surface area contributed by atoms with Gasteiger partial charge in [0.15, 0.2) is 0 Å². The molecule has 0 aliphatic heterocycles. The lowest BCUT2D eigenvalue weighted by Gasteiger charge is -2.36. The lowest BCUT2D eigenvalue weighted by Crippen LogP contribution is -2.28. The van der Waals surface area contributed by atoms with Crippen molar-refractivity contribution in [3.63, 3.8) is 0 Å². The summed E-state index contributed by atoms with van der Waals surface area (Å²) in [4.78, 5) is 26.5. The van der Waals surface area contributed by atoms with Crippen molar-refractivity contribution in [3.8, 4) is 0 Å². The fraction of sp³-hybridized carbons (Fsp3) is 0.478. The number of amides is 1. The van der Waals surface area contributed by atoms with E-state index in [4.69, 9.17) is 4.74 Å². The summed E-state index contributed by atoms with van der Waals surface area (Å²) in [6.07, 6.45) is 3.74. The first-order chi connectivity index (χ1) is 13.8. The molecule has 3 rings (SSSR count). The zero-order valence-electron chi connectivity index (χ0n) is 17.4. The highest BCUT2D eigenvalue weighted by molar-refractivity contribution is 7.17. The number of anilines is 1. The Balaban J connectivity index is 1.96. The monoisotopic (exact) mass is 417 g/mol. The summed E-state index contributed by atoms with van der Waals surface area (Å²) in [5, 5.41) is 3.23. The lowest BCUT2D eigenvalue weighted by atomic mass is 9.69. The molecule has 1 atom stereocenters. The summed E-state index contributed by atoms with van der Waals surface area (Å²) in [5.74, 6) is -1.06. The maximum Gasteiger partial charge on any atom is 0.341 e. The topological polar surface area (TPSA) is 55.4 Å². The molecule has 1 aromatic heterocycles. The zero-order valence-corrected chi connectivity index (χ0v) is 18.2. The average molecular weight is 418 g/mol. The van der Waals surface area contributed by atoms with Gasteiger partial charge in [-0.1, -0.05) is 39.3 Å². The predicted molar refractivity (Wildman–Crippen MR) is 114 cm³/mol. The summed E-state index contributed by atoms with van der Waals surface area (Å²) < 4.78 is 19.3. The molecule has 1 amide bonds. The van der Waals surface area contributed by atoms with Crippen molar-refractivity contribution >= 4 is 28.2 Å². The van der Waals surface area contributed by atoms with Gasteiger partial charge in [0.05, 0.1) is 17.7 Å². The first kappa shape index (κ1) is 21.5. The van der Waals surface area contributed by atoms with Crippen LogP contribution in [-0.4, -0.2) is 18.5 Å². The molecule has 2 aromatic rings. The Bertz CT molecular complexity index is 919. The van der Waals surface area contributed by atoms with Gasteiger partial charge in [0, 0.05) is 4.88 Å². The minimum atomic E-state index is -0.589. The Morgan fingerprint density at radius 3 is 2.66 bits per heavy atom. The molecule has 0 radical (unpaired) electrons. The third-order valence-electron chi connectivity index (χ3n) is 6.11. The van der Waals surface area contributed by atoms with Crippen LogP contribution in [0.2, 0.25) is 0 Å². The smallest absolute Gasteiger partial charge is 0.341 e. The third kappa shape index (κ3) is 4.37. The lowest BCUT2D eigenvalue weighted by molar-refractivity contribution is 0.0526. The van der Waals surface area contributed by atoms with Crippen LogP contribution in [0.5, 0.6) is 0 Å². The van der Waals surface area contributed by atoms with Crippen LogP contribution in [0.25, 0.3) is 0 Å². The van der Waals surface area contributed by atoms with E-state index in [1.807, 2.05) is 0 Å². The van der Waals surface area contributed by atoms with Gasteiger partial charge in [-0.05, 0) is 55.2 Å². The van der Waals surface area contributed by atoms with Gasteiger partial charge in [-0.15, -0.1) is 11.3 Å². The maximum atomic E-state index is 14.0. The molecule has 1 aliphatic rings. The van der Waals surface area contributed by atoms with E-state index in [0.29, 0.717) is 16.5 Å². The van der Waals surface area contributed by atoms with Crippen LogP contribution in [-0.2, 0) is 17.6 Å². The van der Waals surface area contributed by atoms with Crippen molar-refractivity contribution in [1.82, 2.24) is 0 Å². The number of benzene rings is 1. The van der Waals surface area contributed by atoms with Gasteiger partial charge in [-0.3, -0.25) is 4.79 Å². The molecule has 1 aromatic carbocycles. The van der Waals surface area contributed by atoms with E-state index in [9.17, 15) is 14.0 Å². The Labute approximate surface area is 175 Å². The molecule has 1 heterocycles. The molecule has 0 fully saturated rings. The number of carbonyl (C=O) groups excluding carboxylic acids is 2. The van der Waals surface area contributed by atoms with Gasteiger partial charge in [0.2, 0.25) is 0 Å². The van der Waals surface area contributed by atoms with Crippen LogP contribution in [0, 0.1) is 17.2 Å². The minimum absolute atomic E-state index is 0.0429. The fourth-order valence-electron chi connectivity index (χ4n) is 3.86. The van der Waals surface area contributed by atoms with Gasteiger partial charge in [-0.25, -0.2) is 9.18 Å². The number of halogens is 1. The van der Waals surface area contributed by atoms with Crippen LogP contribution in [0.4, 0.5) is 9.39 Å². The number of esters is 1. The summed E-state index contributed by atoms with van der Waals surface area (Å²) >= 11 is 1.42. The third-order valence-corrected chi connectivity index (χ3v) is 7.28. The Kier molecular flexibility index (Phi) is 6.42. The van der Waals surface area contributed by atoms with Crippen molar-refractivity contribution in [2.45, 2.75) is 53.4 Å². The Hall–Kier alpha value is -2.21. The van der Waals surface area contributed by atoms with E-state index in [-0.39, 0.29) is 17.6 Å². The second-order valence-corrected chi connectivity index (χ2v) is 9.25. The molecule has 0 spiro atoms. The number of nitrogens with one attached hydrogen (secondary N) is 1. The maximum absolute atomic E-state index is 14.0. The second kappa shape index (κ2) is 8.66. The van der Waals surface area contributed by atoms with Gasteiger partial charge in [0.25, 0.3) is 5.91 Å². The van der Waals surface area contributed by atoms with Crippen LogP contribution in [0.15, 0.2) is 24.3 Å². The largest absolute Gasteiger partial charge is 0.462 e. The van der Waals surface area contributed by atoms with Gasteiger partial charge in [-0.2, -0.15) is 0 Å². The van der Waals surface area contributed by atoms with Crippen molar-refractivity contribution in [3.05, 3.63) is 51.7 Å². The number of carbonyl (C=O) groups is 2. The van der Waals surface area contributed by atoms with Crippen LogP contribution >= 0.6 is 11.3 Å². The second-order valence-electron chi connectivity index (χ2n) is 8.14. The molecule has 1 N–H and O–H groups in total. The average Bonchev–Trinajstić information content (AvgIpc) is 3.05. The van der Waals surface area contributed by atoms with E-state index in [0.717, 1.165) is 36.1 Å². The summed E-state index contributed by atoms with van der Waals surface area (Å²) in [5.41, 5.74) is 1.57. The molecule has 6 heteroatoms. The fourth-order valence-corrected chi connectivity index (χ4v) is 5.18. The molecule has 0 saturated carbocycles. The number of ether oxygens (including phenoxy) is 1. The van der Waals surface area contributed by atoms with E-state index < -0.39 is 17.7 Å². The number of hydrogen-bond donors (Lipinski definition) is 1. The van der Waals surface area contributed by atoms with Gasteiger partial charge < -0.3 is 10.1 Å². The molecular weight excluding hydrogens is 389 g/mol. The molecule has 0 bridgehead atoms. The van der Waals surface area contributed by atoms with Gasteiger partial charge in [0.1, 0.15) is 10.8 Å². The first-order valence-electron chi connectivity index (χ1n) is 10.2. The summed E-state index contributed by atoms with van der Waals surface area (Å²) in [7, 11) is 0. The molecule has 1 aliphatic carbocycles. The molecule has 4 nitrogen and oxygen atoms in total. The van der Waals surface area contributed by atoms with Crippen molar-refractivity contribution in [2.75, 3.05) is 11.9 Å². The number of hydrogen-bond acceptors (Lipinski definition) is 4. The molecule has 156 valence electrons. The highest BCUT2D eigenvalue weighted by atomic mass is 32.1. The predicted octanol–water partition coefficient (Wildman–Crippen LogP) is 5.86. The van der Waals surface area contributed by atoms with Crippen molar-refractivity contribution in [2.24, 2.45) is 11.3 Å². The Morgan fingerprint density at radius 2 is 2.00 bits per heavy atom. The van der Waals surface area contributed by atoms with Crippen LogP contribution in [0.1, 0.15) is 71.7 Å². The Morgan fingerprint density at radius 1 is 1.28 bits per heavy atom. The summed E-state index contributed by atoms with van der Waals surface area (Å²) in [6, 6.07) is 5.83. The number of fused-ring (bicyclic) bond motifs is 1. The van der Waals surface area contributed by atoms with Crippen molar-refractivity contribution < 1.29 is 18.7 Å². The standard InChI is InChI=1S/C23H28FNO3S/c1-5-23(3,4)14-11-12-16-18(13-14)29-21(19(16)22(27)28-6-2)25-20(26)15-9-7-8-10-17(15)24/h7-10,14H,5-6,11-13H2,1-4H3,(H,25,26)/t14-/m0/s1. The first-order valence-corrected chi connectivity index (χ1v) is 11.0. The zero-order chi connectivity index (χ0) is 21.2. The molecule has 29 heavy (non-hydrogen) atoms. The number of thiophene rings is 1. The molecule has 0 unspecified atom stereocenters. The highest BCUT2D eigenvalue weighted by Gasteiger charge is 2.35. The van der Waals surface area contributed by atoms with E-state index in [2.05, 4.69) is 26.1 Å². The van der Waals surface area contributed by atoms with E-state index >= 15 is 0 Å². The molecule has 0 saturated heterocycles. The van der Waals surface area contributed by atoms with E-state index in [1.54, 1.807) is 13.0 Å². The van der Waals surface area contributed by atoms with Crippen LogP contribution < -0.4 is 5.32 Å². The molecular formula is C23H28FNO3S. The van der Waals surface area contributed by atoms with Gasteiger partial charge >= 0.3 is 5.97 Å². The normalized spacial score (nSPS) is 16.2. The van der Waals surface area contributed by atoms with Crippen LogP contribution in [0.3, 0.4) is 0 Å². The van der Waals surface area contributed by atoms with E-state index in [1.165, 1.54) is 29.5 Å². The highest BCUT2D eigenvalue weighted by Crippen LogP contribution is 2.45. The number of rotatable bonds is 6. The SMILES string of the molecule is CCOC(=O)c1c(NC(=O)c2ccccc2F)sc2c1CC[C@H](C(C)(C)CC)C2.